The van der Waals surface area contributed by atoms with Crippen molar-refractivity contribution in [1.29, 1.82) is 0 Å². The molecule has 2 aliphatic heterocycles. The lowest BCUT2D eigenvalue weighted by molar-refractivity contribution is 0.199. The van der Waals surface area contributed by atoms with Crippen molar-refractivity contribution < 1.29 is 10.2 Å². The molecule has 19 heavy (non-hydrogen) atoms. The number of nitrogens with one attached hydrogen (secondary N) is 1. The standard InChI is InChI=1S/C15H22N2O2/c1-10(11-6-14(18)8-15(19)7-11)17-5-4-12-2-3-13(9-17)16-12/h6-8,10,12-13,16,18-19H,2-5,9H2,1H3. The lowest BCUT2D eigenvalue weighted by Gasteiger charge is -2.30. The number of phenols is 2. The molecule has 1 aromatic rings. The predicted octanol–water partition coefficient (Wildman–Crippen LogP) is 1.99. The molecule has 2 bridgehead atoms. The molecule has 2 heterocycles. The highest BCUT2D eigenvalue weighted by Gasteiger charge is 2.31. The number of hydrogen-bond acceptors (Lipinski definition) is 4. The molecule has 0 saturated carbocycles. The van der Waals surface area contributed by atoms with Crippen LogP contribution in [0.15, 0.2) is 18.2 Å². The van der Waals surface area contributed by atoms with Crippen LogP contribution in [0.4, 0.5) is 0 Å². The second-order valence-electron chi connectivity index (χ2n) is 5.88. The summed E-state index contributed by atoms with van der Waals surface area (Å²) in [5.41, 5.74) is 0.982. The van der Waals surface area contributed by atoms with Crippen LogP contribution in [0.25, 0.3) is 0 Å². The van der Waals surface area contributed by atoms with Crippen LogP contribution in [-0.2, 0) is 0 Å². The van der Waals surface area contributed by atoms with Gasteiger partial charge < -0.3 is 15.5 Å². The fourth-order valence-corrected chi connectivity index (χ4v) is 3.39. The number of rotatable bonds is 2. The van der Waals surface area contributed by atoms with Crippen molar-refractivity contribution in [2.24, 2.45) is 0 Å². The first-order chi connectivity index (χ1) is 9.11. The van der Waals surface area contributed by atoms with E-state index in [0.717, 1.165) is 18.7 Å². The van der Waals surface area contributed by atoms with Gasteiger partial charge >= 0.3 is 0 Å². The summed E-state index contributed by atoms with van der Waals surface area (Å²) >= 11 is 0. The predicted molar refractivity (Wildman–Crippen MR) is 74.3 cm³/mol. The van der Waals surface area contributed by atoms with Gasteiger partial charge in [0.05, 0.1) is 0 Å². The van der Waals surface area contributed by atoms with Gasteiger partial charge in [0.2, 0.25) is 0 Å². The van der Waals surface area contributed by atoms with Gasteiger partial charge in [-0.3, -0.25) is 4.90 Å². The van der Waals surface area contributed by atoms with Crippen molar-refractivity contribution >= 4 is 0 Å². The molecule has 2 saturated heterocycles. The van der Waals surface area contributed by atoms with Crippen LogP contribution in [0.3, 0.4) is 0 Å². The molecule has 4 nitrogen and oxygen atoms in total. The molecule has 0 aromatic heterocycles. The number of benzene rings is 1. The van der Waals surface area contributed by atoms with E-state index < -0.39 is 0 Å². The van der Waals surface area contributed by atoms with Gasteiger partial charge in [-0.25, -0.2) is 0 Å². The van der Waals surface area contributed by atoms with E-state index in [2.05, 4.69) is 17.1 Å². The van der Waals surface area contributed by atoms with E-state index in [1.807, 2.05) is 0 Å². The Labute approximate surface area is 114 Å². The summed E-state index contributed by atoms with van der Waals surface area (Å²) in [5, 5.41) is 22.9. The van der Waals surface area contributed by atoms with E-state index >= 15 is 0 Å². The number of nitrogens with zero attached hydrogens (tertiary/aromatic N) is 1. The van der Waals surface area contributed by atoms with Crippen LogP contribution in [-0.4, -0.2) is 40.3 Å². The van der Waals surface area contributed by atoms with Crippen molar-refractivity contribution in [3.05, 3.63) is 23.8 Å². The molecule has 2 fully saturated rings. The molecule has 3 rings (SSSR count). The van der Waals surface area contributed by atoms with E-state index in [4.69, 9.17) is 0 Å². The first-order valence-electron chi connectivity index (χ1n) is 7.15. The Bertz CT molecular complexity index is 443. The summed E-state index contributed by atoms with van der Waals surface area (Å²) < 4.78 is 0. The van der Waals surface area contributed by atoms with Crippen molar-refractivity contribution in [3.8, 4) is 11.5 Å². The molecule has 3 unspecified atom stereocenters. The Morgan fingerprint density at radius 2 is 1.79 bits per heavy atom. The van der Waals surface area contributed by atoms with Crippen molar-refractivity contribution in [3.63, 3.8) is 0 Å². The molecule has 1 aromatic carbocycles. The lowest BCUT2D eigenvalue weighted by Crippen LogP contribution is -2.36. The zero-order valence-corrected chi connectivity index (χ0v) is 11.3. The van der Waals surface area contributed by atoms with E-state index in [0.29, 0.717) is 12.1 Å². The molecule has 104 valence electrons. The molecule has 3 N–H and O–H groups in total. The third kappa shape index (κ3) is 2.69. The van der Waals surface area contributed by atoms with Crippen molar-refractivity contribution in [1.82, 2.24) is 10.2 Å². The monoisotopic (exact) mass is 262 g/mol. The van der Waals surface area contributed by atoms with Crippen molar-refractivity contribution in [2.75, 3.05) is 13.1 Å². The molecule has 2 aliphatic rings. The van der Waals surface area contributed by atoms with Gasteiger partial charge in [0, 0.05) is 37.3 Å². The Hall–Kier alpha value is -1.26. The molecule has 0 aliphatic carbocycles. The van der Waals surface area contributed by atoms with Crippen LogP contribution in [0, 0.1) is 0 Å². The number of likely N-dealkylation sites (tertiary alicyclic amines) is 1. The zero-order valence-electron chi connectivity index (χ0n) is 11.3. The van der Waals surface area contributed by atoms with Gasteiger partial charge in [-0.1, -0.05) is 0 Å². The third-order valence-corrected chi connectivity index (χ3v) is 4.51. The summed E-state index contributed by atoms with van der Waals surface area (Å²) in [5.74, 6) is 0.271. The minimum Gasteiger partial charge on any atom is -0.508 e. The first kappa shape index (κ1) is 12.8. The maximum absolute atomic E-state index is 9.61. The molecule has 3 atom stereocenters. The summed E-state index contributed by atoms with van der Waals surface area (Å²) in [6.45, 7) is 4.27. The van der Waals surface area contributed by atoms with Gasteiger partial charge in [-0.15, -0.1) is 0 Å². The number of phenolic OH excluding ortho intramolecular Hbond substituents is 2. The Balaban J connectivity index is 1.77. The van der Waals surface area contributed by atoms with E-state index in [1.165, 1.54) is 25.3 Å². The Kier molecular flexibility index (Phi) is 3.37. The summed E-state index contributed by atoms with van der Waals surface area (Å²) in [7, 11) is 0. The van der Waals surface area contributed by atoms with Gasteiger partial charge in [0.15, 0.2) is 0 Å². The molecule has 4 heteroatoms. The van der Waals surface area contributed by atoms with Gasteiger partial charge in [-0.05, 0) is 43.9 Å². The quantitative estimate of drug-likeness (QED) is 0.763. The number of aromatic hydroxyl groups is 2. The first-order valence-corrected chi connectivity index (χ1v) is 7.15. The minimum absolute atomic E-state index is 0.135. The second-order valence-corrected chi connectivity index (χ2v) is 5.88. The highest BCUT2D eigenvalue weighted by atomic mass is 16.3. The van der Waals surface area contributed by atoms with Crippen LogP contribution >= 0.6 is 0 Å². The number of fused-ring (bicyclic) bond motifs is 2. The largest absolute Gasteiger partial charge is 0.508 e. The van der Waals surface area contributed by atoms with Gasteiger partial charge in [-0.2, -0.15) is 0 Å². The van der Waals surface area contributed by atoms with Crippen molar-refractivity contribution in [2.45, 2.75) is 44.3 Å². The summed E-state index contributed by atoms with van der Waals surface area (Å²) in [6.07, 6.45) is 3.75. The maximum atomic E-state index is 9.61. The molecular formula is C15H22N2O2. The Morgan fingerprint density at radius 1 is 1.11 bits per heavy atom. The Morgan fingerprint density at radius 3 is 2.53 bits per heavy atom. The average Bonchev–Trinajstić information content (AvgIpc) is 2.67. The van der Waals surface area contributed by atoms with E-state index in [1.54, 1.807) is 12.1 Å². The topological polar surface area (TPSA) is 55.7 Å². The van der Waals surface area contributed by atoms with E-state index in [-0.39, 0.29) is 17.5 Å². The van der Waals surface area contributed by atoms with Gasteiger partial charge in [0.25, 0.3) is 0 Å². The second kappa shape index (κ2) is 5.02. The molecule has 0 spiro atoms. The summed E-state index contributed by atoms with van der Waals surface area (Å²) in [4.78, 5) is 2.45. The van der Waals surface area contributed by atoms with E-state index in [9.17, 15) is 10.2 Å². The molecular weight excluding hydrogens is 240 g/mol. The molecule has 0 radical (unpaired) electrons. The van der Waals surface area contributed by atoms with Crippen LogP contribution in [0.1, 0.15) is 37.8 Å². The number of hydrogen-bond donors (Lipinski definition) is 3. The normalized spacial score (nSPS) is 29.1. The molecule has 0 amide bonds. The highest BCUT2D eigenvalue weighted by molar-refractivity contribution is 5.38. The zero-order chi connectivity index (χ0) is 13.4. The minimum atomic E-state index is 0.135. The van der Waals surface area contributed by atoms with Crippen LogP contribution in [0.2, 0.25) is 0 Å². The van der Waals surface area contributed by atoms with Crippen LogP contribution < -0.4 is 5.32 Å². The summed E-state index contributed by atoms with van der Waals surface area (Å²) in [6, 6.07) is 6.38. The smallest absolute Gasteiger partial charge is 0.119 e. The highest BCUT2D eigenvalue weighted by Crippen LogP contribution is 2.31. The fourth-order valence-electron chi connectivity index (χ4n) is 3.39. The van der Waals surface area contributed by atoms with Crippen LogP contribution in [0.5, 0.6) is 11.5 Å². The average molecular weight is 262 g/mol. The maximum Gasteiger partial charge on any atom is 0.119 e. The SMILES string of the molecule is CC(c1cc(O)cc(O)c1)N1CCC2CCC(C1)N2. The fraction of sp³-hybridized carbons (Fsp3) is 0.600. The van der Waals surface area contributed by atoms with Gasteiger partial charge in [0.1, 0.15) is 11.5 Å². The lowest BCUT2D eigenvalue weighted by atomic mass is 10.0. The third-order valence-electron chi connectivity index (χ3n) is 4.51.